The first kappa shape index (κ1) is 8.70. The largest absolute Gasteiger partial charge is 0.409 e. The van der Waals surface area contributed by atoms with Crippen LogP contribution in [-0.2, 0) is 10.1 Å². The molecular formula is C2H2F3O3S. The van der Waals surface area contributed by atoms with Crippen LogP contribution in [0.2, 0.25) is 0 Å². The zero-order chi connectivity index (χ0) is 7.71. The lowest BCUT2D eigenvalue weighted by molar-refractivity contribution is -0.0885. The Kier molecular flexibility index (Phi) is 2.07. The van der Waals surface area contributed by atoms with Crippen LogP contribution in [0.3, 0.4) is 0 Å². The molecular weight excluding hydrogens is 161 g/mol. The van der Waals surface area contributed by atoms with Crippen LogP contribution in [0.15, 0.2) is 0 Å². The van der Waals surface area contributed by atoms with Crippen LogP contribution in [0.25, 0.3) is 0 Å². The topological polar surface area (TPSA) is 54.4 Å². The summed E-state index contributed by atoms with van der Waals surface area (Å²) in [6.45, 7) is 0. The zero-order valence-corrected chi connectivity index (χ0v) is 4.70. The molecule has 0 spiro atoms. The lowest BCUT2D eigenvalue weighted by Gasteiger charge is -1.99. The van der Waals surface area contributed by atoms with E-state index in [1.807, 2.05) is 0 Å². The molecule has 0 aliphatic rings. The summed E-state index contributed by atoms with van der Waals surface area (Å²) in [5, 5.41) is 0. The molecule has 9 heavy (non-hydrogen) atoms. The summed E-state index contributed by atoms with van der Waals surface area (Å²) in [5.41, 5.74) is 0. The zero-order valence-electron chi connectivity index (χ0n) is 3.88. The molecule has 0 atom stereocenters. The van der Waals surface area contributed by atoms with Crippen molar-refractivity contribution < 1.29 is 26.1 Å². The summed E-state index contributed by atoms with van der Waals surface area (Å²) in [6.07, 6.45) is -4.98. The summed E-state index contributed by atoms with van der Waals surface area (Å²) in [4.78, 5) is 0. The molecule has 1 radical (unpaired) electrons. The third-order valence-electron chi connectivity index (χ3n) is 0.283. The first-order valence-electron chi connectivity index (χ1n) is 1.61. The predicted molar refractivity (Wildman–Crippen MR) is 21.9 cm³/mol. The van der Waals surface area contributed by atoms with Gasteiger partial charge in [0, 0.05) is 0 Å². The van der Waals surface area contributed by atoms with Crippen LogP contribution in [0.5, 0.6) is 0 Å². The monoisotopic (exact) mass is 163 g/mol. The fourth-order valence-corrected chi connectivity index (χ4v) is 0.507. The van der Waals surface area contributed by atoms with Gasteiger partial charge in [-0.2, -0.15) is 21.6 Å². The number of alkyl halides is 3. The Hall–Kier alpha value is -0.300. The molecule has 0 aliphatic heterocycles. The number of hydrogen-bond acceptors (Lipinski definition) is 2. The van der Waals surface area contributed by atoms with Crippen molar-refractivity contribution in [1.29, 1.82) is 0 Å². The summed E-state index contributed by atoms with van der Waals surface area (Å²) in [5.74, 6) is -1.10. The maximum atomic E-state index is 11.0. The van der Waals surface area contributed by atoms with Crippen LogP contribution in [0.4, 0.5) is 13.2 Å². The van der Waals surface area contributed by atoms with Crippen molar-refractivity contribution in [3.63, 3.8) is 0 Å². The third-order valence-corrected chi connectivity index (χ3v) is 0.848. The summed E-state index contributed by atoms with van der Waals surface area (Å²) < 4.78 is 59.3. The van der Waals surface area contributed by atoms with Crippen LogP contribution >= 0.6 is 0 Å². The molecule has 7 heteroatoms. The second-order valence-corrected chi connectivity index (χ2v) is 2.44. The van der Waals surface area contributed by atoms with Crippen molar-refractivity contribution >= 4 is 10.1 Å². The lowest BCUT2D eigenvalue weighted by Crippen LogP contribution is -2.15. The van der Waals surface area contributed by atoms with Crippen LogP contribution in [0, 0.1) is 5.75 Å². The summed E-state index contributed by atoms with van der Waals surface area (Å²) in [7, 11) is -5.03. The van der Waals surface area contributed by atoms with E-state index in [0.717, 1.165) is 0 Å². The Morgan fingerprint density at radius 2 is 1.67 bits per heavy atom. The molecule has 0 saturated carbocycles. The molecule has 0 aromatic rings. The Labute approximate surface area is 49.2 Å². The van der Waals surface area contributed by atoms with E-state index in [4.69, 9.17) is 4.55 Å². The molecule has 0 amide bonds. The van der Waals surface area contributed by atoms with Crippen molar-refractivity contribution in [3.05, 3.63) is 5.75 Å². The molecule has 0 aliphatic carbocycles. The average Bonchev–Trinajstić information content (AvgIpc) is 1.14. The molecule has 0 heterocycles. The first-order chi connectivity index (χ1) is 3.71. The summed E-state index contributed by atoms with van der Waals surface area (Å²) in [6, 6.07) is 0. The lowest BCUT2D eigenvalue weighted by atomic mass is 10.8. The van der Waals surface area contributed by atoms with E-state index in [2.05, 4.69) is 0 Å². The van der Waals surface area contributed by atoms with E-state index < -0.39 is 22.0 Å². The SMILES string of the molecule is O=S(=O)(O)[CH]C(F)(F)F. The van der Waals surface area contributed by atoms with Gasteiger partial charge in [0.1, 0.15) is 0 Å². The van der Waals surface area contributed by atoms with Gasteiger partial charge in [-0.15, -0.1) is 0 Å². The van der Waals surface area contributed by atoms with Gasteiger partial charge in [0.05, 0.1) is 0 Å². The van der Waals surface area contributed by atoms with Crippen LogP contribution in [0.1, 0.15) is 0 Å². The quantitative estimate of drug-likeness (QED) is 0.576. The molecule has 0 bridgehead atoms. The normalized spacial score (nSPS) is 13.8. The second kappa shape index (κ2) is 2.14. The minimum Gasteiger partial charge on any atom is -0.285 e. The van der Waals surface area contributed by atoms with E-state index in [0.29, 0.717) is 0 Å². The van der Waals surface area contributed by atoms with Gasteiger partial charge in [-0.1, -0.05) is 0 Å². The average molecular weight is 163 g/mol. The minimum absolute atomic E-state index is 1.10. The van der Waals surface area contributed by atoms with E-state index in [9.17, 15) is 21.6 Å². The maximum absolute atomic E-state index is 11.0. The maximum Gasteiger partial charge on any atom is 0.409 e. The first-order valence-corrected chi connectivity index (χ1v) is 3.11. The van der Waals surface area contributed by atoms with Gasteiger partial charge >= 0.3 is 6.18 Å². The van der Waals surface area contributed by atoms with E-state index in [1.54, 1.807) is 0 Å². The molecule has 0 saturated heterocycles. The van der Waals surface area contributed by atoms with Gasteiger partial charge in [-0.3, -0.25) is 4.55 Å². The van der Waals surface area contributed by atoms with E-state index in [1.165, 1.54) is 0 Å². The Morgan fingerprint density at radius 3 is 1.67 bits per heavy atom. The third kappa shape index (κ3) is 7.70. The van der Waals surface area contributed by atoms with Crippen molar-refractivity contribution in [2.75, 3.05) is 0 Å². The number of halogens is 3. The van der Waals surface area contributed by atoms with Gasteiger partial charge in [0.2, 0.25) is 5.75 Å². The molecule has 0 unspecified atom stereocenters. The molecule has 0 aromatic carbocycles. The predicted octanol–water partition coefficient (Wildman–Crippen LogP) is 0.598. The van der Waals surface area contributed by atoms with E-state index in [-0.39, 0.29) is 0 Å². The van der Waals surface area contributed by atoms with Gasteiger partial charge in [0.15, 0.2) is 0 Å². The highest BCUT2D eigenvalue weighted by molar-refractivity contribution is 7.87. The molecule has 3 nitrogen and oxygen atoms in total. The van der Waals surface area contributed by atoms with Crippen molar-refractivity contribution in [1.82, 2.24) is 0 Å². The summed E-state index contributed by atoms with van der Waals surface area (Å²) >= 11 is 0. The van der Waals surface area contributed by atoms with Crippen molar-refractivity contribution in [2.45, 2.75) is 6.18 Å². The fourth-order valence-electron chi connectivity index (χ4n) is 0.169. The fraction of sp³-hybridized carbons (Fsp3) is 0.500. The van der Waals surface area contributed by atoms with E-state index >= 15 is 0 Å². The highest BCUT2D eigenvalue weighted by Gasteiger charge is 2.34. The molecule has 1 N–H and O–H groups in total. The Morgan fingerprint density at radius 1 is 1.33 bits per heavy atom. The minimum atomic E-state index is -5.03. The standard InChI is InChI=1S/C2H2F3O3S/c3-2(4,5)1-9(6,7)8/h1H,(H,6,7,8). The second-order valence-electron chi connectivity index (χ2n) is 1.17. The van der Waals surface area contributed by atoms with Gasteiger partial charge in [-0.05, 0) is 0 Å². The Bertz CT molecular complexity index is 178. The van der Waals surface area contributed by atoms with Crippen LogP contribution < -0.4 is 0 Å². The Balaban J connectivity index is 4.07. The van der Waals surface area contributed by atoms with Gasteiger partial charge in [-0.25, -0.2) is 0 Å². The highest BCUT2D eigenvalue weighted by atomic mass is 32.2. The van der Waals surface area contributed by atoms with Crippen molar-refractivity contribution in [3.8, 4) is 0 Å². The molecule has 0 aromatic heterocycles. The molecule has 0 fully saturated rings. The molecule has 0 rings (SSSR count). The van der Waals surface area contributed by atoms with Gasteiger partial charge in [0.25, 0.3) is 10.1 Å². The van der Waals surface area contributed by atoms with Crippen LogP contribution in [-0.4, -0.2) is 19.1 Å². The molecule has 55 valence electrons. The smallest absolute Gasteiger partial charge is 0.285 e. The van der Waals surface area contributed by atoms with Crippen molar-refractivity contribution in [2.24, 2.45) is 0 Å². The van der Waals surface area contributed by atoms with Gasteiger partial charge < -0.3 is 0 Å². The number of rotatable bonds is 1. The highest BCUT2D eigenvalue weighted by Crippen LogP contribution is 2.20. The number of hydrogen-bond donors (Lipinski definition) is 1.